The minimum atomic E-state index is -4.53. The lowest BCUT2D eigenvalue weighted by atomic mass is 10.2. The van der Waals surface area contributed by atoms with Crippen molar-refractivity contribution in [2.24, 2.45) is 0 Å². The normalized spacial score (nSPS) is 11.5. The molecule has 0 aliphatic heterocycles. The van der Waals surface area contributed by atoms with Crippen LogP contribution in [0.15, 0.2) is 53.7 Å². The van der Waals surface area contributed by atoms with Crippen LogP contribution in [0, 0.1) is 0 Å². The maximum absolute atomic E-state index is 13.0. The van der Waals surface area contributed by atoms with E-state index in [1.165, 1.54) is 6.07 Å². The van der Waals surface area contributed by atoms with Crippen molar-refractivity contribution in [2.75, 3.05) is 18.1 Å². The average molecular weight is 490 g/mol. The number of carbonyl (C=O) groups excluding carboxylic acids is 1. The Morgan fingerprint density at radius 3 is 2.48 bits per heavy atom. The van der Waals surface area contributed by atoms with Crippen molar-refractivity contribution in [3.63, 3.8) is 0 Å². The number of aromatic nitrogens is 3. The molecule has 0 unspecified atom stereocenters. The van der Waals surface area contributed by atoms with Crippen LogP contribution in [0.4, 0.5) is 13.2 Å². The second-order valence-electron chi connectivity index (χ2n) is 6.44. The first kappa shape index (κ1) is 23.2. The number of hydrogen-bond donors (Lipinski definition) is 1. The highest BCUT2D eigenvalue weighted by atomic mass is 35.5. The van der Waals surface area contributed by atoms with Crippen molar-refractivity contribution in [1.82, 2.24) is 19.8 Å². The van der Waals surface area contributed by atoms with E-state index in [1.807, 2.05) is 0 Å². The second kappa shape index (κ2) is 9.80. The van der Waals surface area contributed by atoms with Crippen LogP contribution in [-0.4, -0.2) is 44.2 Å². The first-order valence-electron chi connectivity index (χ1n) is 8.81. The van der Waals surface area contributed by atoms with Gasteiger partial charge in [-0.05, 0) is 23.8 Å². The molecule has 0 atom stereocenters. The van der Waals surface area contributed by atoms with E-state index in [-0.39, 0.29) is 23.3 Å². The molecule has 164 valence electrons. The summed E-state index contributed by atoms with van der Waals surface area (Å²) in [6, 6.07) is 13.2. The summed E-state index contributed by atoms with van der Waals surface area (Å²) in [6.07, 6.45) is -4.53. The molecule has 2 N–H and O–H groups in total. The number of nitrogen functional groups attached to an aromatic ring is 1. The third-order valence-corrected chi connectivity index (χ3v) is 5.58. The summed E-state index contributed by atoms with van der Waals surface area (Å²) in [5, 5.41) is 8.76. The largest absolute Gasteiger partial charge is 0.406 e. The lowest BCUT2D eigenvalue weighted by Crippen LogP contribution is -2.39. The highest BCUT2D eigenvalue weighted by Crippen LogP contribution is 2.30. The number of rotatable bonds is 7. The van der Waals surface area contributed by atoms with Gasteiger partial charge in [0.2, 0.25) is 11.1 Å². The minimum absolute atomic E-state index is 0.154. The molecule has 1 heterocycles. The molecule has 3 aromatic rings. The Kier molecular flexibility index (Phi) is 7.34. The van der Waals surface area contributed by atoms with Gasteiger partial charge in [-0.3, -0.25) is 4.79 Å². The lowest BCUT2D eigenvalue weighted by molar-refractivity contribution is -0.160. The predicted molar refractivity (Wildman–Crippen MR) is 114 cm³/mol. The van der Waals surface area contributed by atoms with Gasteiger partial charge in [0.25, 0.3) is 0 Å². The van der Waals surface area contributed by atoms with Crippen molar-refractivity contribution >= 4 is 40.9 Å². The van der Waals surface area contributed by atoms with Crippen molar-refractivity contribution in [3.05, 3.63) is 64.1 Å². The minimum Gasteiger partial charge on any atom is -0.335 e. The van der Waals surface area contributed by atoms with Gasteiger partial charge in [-0.2, -0.15) is 13.2 Å². The Hall–Kier alpha value is -2.43. The van der Waals surface area contributed by atoms with Gasteiger partial charge in [0.05, 0.1) is 10.8 Å². The molecule has 0 saturated heterocycles. The van der Waals surface area contributed by atoms with E-state index in [2.05, 4.69) is 10.2 Å². The summed E-state index contributed by atoms with van der Waals surface area (Å²) in [7, 11) is 0. The Morgan fingerprint density at radius 1 is 1.13 bits per heavy atom. The van der Waals surface area contributed by atoms with Gasteiger partial charge in [0.15, 0.2) is 5.82 Å². The summed E-state index contributed by atoms with van der Waals surface area (Å²) in [6.45, 7) is -1.52. The zero-order chi connectivity index (χ0) is 22.6. The van der Waals surface area contributed by atoms with E-state index >= 15 is 0 Å². The molecule has 0 bridgehead atoms. The van der Waals surface area contributed by atoms with E-state index < -0.39 is 18.6 Å². The van der Waals surface area contributed by atoms with Gasteiger partial charge in [-0.15, -0.1) is 10.2 Å². The van der Waals surface area contributed by atoms with Crippen LogP contribution in [0.5, 0.6) is 0 Å². The monoisotopic (exact) mass is 489 g/mol. The number of benzene rings is 2. The first-order valence-corrected chi connectivity index (χ1v) is 10.6. The molecule has 1 amide bonds. The average Bonchev–Trinajstić information content (AvgIpc) is 3.06. The SMILES string of the molecule is Nn1c(SCC(=O)N(Cc2ccccc2)CC(F)(F)F)nnc1-c1ccc(Cl)cc1Cl. The Balaban J connectivity index is 1.72. The van der Waals surface area contributed by atoms with E-state index in [0.717, 1.165) is 21.3 Å². The van der Waals surface area contributed by atoms with Gasteiger partial charge in [0, 0.05) is 17.1 Å². The zero-order valence-electron chi connectivity index (χ0n) is 15.8. The molecule has 0 spiro atoms. The third kappa shape index (κ3) is 6.28. The Labute approximate surface area is 190 Å². The van der Waals surface area contributed by atoms with Crippen molar-refractivity contribution < 1.29 is 18.0 Å². The van der Waals surface area contributed by atoms with Crippen LogP contribution in [0.2, 0.25) is 10.0 Å². The highest BCUT2D eigenvalue weighted by molar-refractivity contribution is 7.99. The number of amides is 1. The maximum atomic E-state index is 13.0. The van der Waals surface area contributed by atoms with Crippen molar-refractivity contribution in [1.29, 1.82) is 0 Å². The molecule has 12 heteroatoms. The van der Waals surface area contributed by atoms with Crippen LogP contribution < -0.4 is 5.84 Å². The summed E-state index contributed by atoms with van der Waals surface area (Å²) >= 11 is 12.9. The molecule has 0 radical (unpaired) electrons. The summed E-state index contributed by atoms with van der Waals surface area (Å²) in [5.41, 5.74) is 1.06. The topological polar surface area (TPSA) is 77.0 Å². The summed E-state index contributed by atoms with van der Waals surface area (Å²) in [5.74, 6) is 5.23. The fraction of sp³-hybridized carbons (Fsp3) is 0.211. The zero-order valence-corrected chi connectivity index (χ0v) is 18.1. The van der Waals surface area contributed by atoms with E-state index in [9.17, 15) is 18.0 Å². The number of thioether (sulfide) groups is 1. The van der Waals surface area contributed by atoms with Crippen molar-refractivity contribution in [3.8, 4) is 11.4 Å². The molecule has 0 aliphatic rings. The standard InChI is InChI=1S/C19H16Cl2F3N5OS/c20-13-6-7-14(15(21)8-13)17-26-27-18(29(17)25)31-10-16(30)28(11-19(22,23)24)9-12-4-2-1-3-5-12/h1-8H,9-11,25H2. The molecule has 0 fully saturated rings. The van der Waals surface area contributed by atoms with E-state index in [0.29, 0.717) is 21.2 Å². The number of alkyl halides is 3. The number of halogens is 5. The molecule has 6 nitrogen and oxygen atoms in total. The smallest absolute Gasteiger partial charge is 0.335 e. The molecule has 3 rings (SSSR count). The predicted octanol–water partition coefficient (Wildman–Crippen LogP) is 4.65. The number of hydrogen-bond acceptors (Lipinski definition) is 5. The first-order chi connectivity index (χ1) is 14.6. The summed E-state index contributed by atoms with van der Waals surface area (Å²) in [4.78, 5) is 13.3. The number of nitrogens with zero attached hydrogens (tertiary/aromatic N) is 4. The van der Waals surface area contributed by atoms with Crippen LogP contribution in [-0.2, 0) is 11.3 Å². The van der Waals surface area contributed by atoms with Gasteiger partial charge < -0.3 is 10.7 Å². The molecular formula is C19H16Cl2F3N5OS. The van der Waals surface area contributed by atoms with Crippen LogP contribution in [0.25, 0.3) is 11.4 Å². The third-order valence-electron chi connectivity index (χ3n) is 4.10. The fourth-order valence-corrected chi connectivity index (χ4v) is 3.95. The molecular weight excluding hydrogens is 474 g/mol. The quantitative estimate of drug-likeness (QED) is 0.386. The fourth-order valence-electron chi connectivity index (χ4n) is 2.70. The van der Waals surface area contributed by atoms with Gasteiger partial charge in [-0.1, -0.05) is 65.3 Å². The summed E-state index contributed by atoms with van der Waals surface area (Å²) < 4.78 is 40.1. The highest BCUT2D eigenvalue weighted by Gasteiger charge is 2.33. The molecule has 1 aromatic heterocycles. The molecule has 2 aromatic carbocycles. The molecule has 31 heavy (non-hydrogen) atoms. The maximum Gasteiger partial charge on any atom is 0.406 e. The number of carbonyl (C=O) groups is 1. The lowest BCUT2D eigenvalue weighted by Gasteiger charge is -2.24. The van der Waals surface area contributed by atoms with Crippen molar-refractivity contribution in [2.45, 2.75) is 17.9 Å². The van der Waals surface area contributed by atoms with E-state index in [4.69, 9.17) is 29.0 Å². The second-order valence-corrected chi connectivity index (χ2v) is 8.23. The molecule has 0 saturated carbocycles. The Morgan fingerprint density at radius 2 is 1.84 bits per heavy atom. The number of nitrogens with two attached hydrogens (primary N) is 1. The van der Waals surface area contributed by atoms with Crippen LogP contribution in [0.3, 0.4) is 0 Å². The van der Waals surface area contributed by atoms with Gasteiger partial charge in [-0.25, -0.2) is 4.68 Å². The Bertz CT molecular complexity index is 1060. The van der Waals surface area contributed by atoms with Crippen LogP contribution >= 0.6 is 35.0 Å². The van der Waals surface area contributed by atoms with Gasteiger partial charge in [0.1, 0.15) is 6.54 Å². The van der Waals surface area contributed by atoms with Gasteiger partial charge >= 0.3 is 6.18 Å². The van der Waals surface area contributed by atoms with E-state index in [1.54, 1.807) is 42.5 Å². The molecule has 0 aliphatic carbocycles. The van der Waals surface area contributed by atoms with Crippen LogP contribution in [0.1, 0.15) is 5.56 Å².